The zero-order chi connectivity index (χ0) is 26.3. The highest BCUT2D eigenvalue weighted by Crippen LogP contribution is 2.38. The molecule has 36 heavy (non-hydrogen) atoms. The Morgan fingerprint density at radius 2 is 1.53 bits per heavy atom. The molecule has 0 aromatic heterocycles. The minimum atomic E-state index is -3.76. The number of hydrogen-bond acceptors (Lipinski definition) is 7. The maximum absolute atomic E-state index is 12.7. The molecule has 0 heterocycles. The lowest BCUT2D eigenvalue weighted by Crippen LogP contribution is -2.31. The molecule has 3 aromatic rings. The average Bonchev–Trinajstić information content (AvgIpc) is 2.87. The molecule has 0 bridgehead atoms. The van der Waals surface area contributed by atoms with Gasteiger partial charge in [-0.3, -0.25) is 9.52 Å². The molecular weight excluding hydrogens is 484 g/mol. The van der Waals surface area contributed by atoms with Gasteiger partial charge in [0.1, 0.15) is 5.75 Å². The van der Waals surface area contributed by atoms with Crippen molar-refractivity contribution in [2.75, 3.05) is 39.7 Å². The first-order chi connectivity index (χ1) is 17.2. The van der Waals surface area contributed by atoms with E-state index in [-0.39, 0.29) is 17.4 Å². The lowest BCUT2D eigenvalue weighted by atomic mass is 10.1. The van der Waals surface area contributed by atoms with Gasteiger partial charge in [0.15, 0.2) is 18.1 Å². The Labute approximate surface area is 211 Å². The molecule has 3 aromatic carbocycles. The minimum Gasteiger partial charge on any atom is -0.493 e. The number of carbonyl (C=O) groups excluding carboxylic acids is 1. The number of nitrogens with one attached hydrogen (secondary N) is 1. The van der Waals surface area contributed by atoms with E-state index in [1.807, 2.05) is 0 Å². The fourth-order valence-electron chi connectivity index (χ4n) is 3.51. The summed E-state index contributed by atoms with van der Waals surface area (Å²) in [5, 5.41) is 0. The summed E-state index contributed by atoms with van der Waals surface area (Å²) < 4.78 is 49.7. The SMILES string of the molecule is COc1cc(CN(C)C(=O)COc2ccc(S(=O)(=O)Nc3ccccc3)cc2C)cc(OC)c1OC. The molecule has 10 heteroatoms. The average molecular weight is 515 g/mol. The first-order valence-electron chi connectivity index (χ1n) is 11.0. The number of nitrogens with zero attached hydrogens (tertiary/aromatic N) is 1. The van der Waals surface area contributed by atoms with Crippen LogP contribution < -0.4 is 23.7 Å². The molecule has 0 fully saturated rings. The van der Waals surface area contributed by atoms with Crippen molar-refractivity contribution in [3.8, 4) is 23.0 Å². The van der Waals surface area contributed by atoms with E-state index in [0.717, 1.165) is 5.56 Å². The van der Waals surface area contributed by atoms with Gasteiger partial charge in [0.05, 0.1) is 26.2 Å². The van der Waals surface area contributed by atoms with Crippen LogP contribution in [0.4, 0.5) is 5.69 Å². The van der Waals surface area contributed by atoms with Crippen LogP contribution in [0.15, 0.2) is 65.6 Å². The third-order valence-electron chi connectivity index (χ3n) is 5.40. The van der Waals surface area contributed by atoms with Crippen molar-refractivity contribution < 1.29 is 32.2 Å². The molecule has 0 unspecified atom stereocenters. The van der Waals surface area contributed by atoms with E-state index in [0.29, 0.717) is 40.8 Å². The number of amides is 1. The van der Waals surface area contributed by atoms with Crippen LogP contribution in [-0.2, 0) is 21.4 Å². The largest absolute Gasteiger partial charge is 0.493 e. The smallest absolute Gasteiger partial charge is 0.261 e. The van der Waals surface area contributed by atoms with Gasteiger partial charge in [-0.05, 0) is 60.5 Å². The summed E-state index contributed by atoms with van der Waals surface area (Å²) in [4.78, 5) is 14.3. The molecule has 192 valence electrons. The van der Waals surface area contributed by atoms with E-state index in [1.54, 1.807) is 62.5 Å². The number of aryl methyl sites for hydroxylation is 1. The second-order valence-electron chi connectivity index (χ2n) is 7.97. The molecule has 0 radical (unpaired) electrons. The number of anilines is 1. The standard InChI is InChI=1S/C26H30N2O7S/c1-18-13-21(36(30,31)27-20-9-7-6-8-10-20)11-12-22(18)35-17-25(29)28(2)16-19-14-23(32-3)26(34-5)24(15-19)33-4/h6-15,27H,16-17H2,1-5H3. The van der Waals surface area contributed by atoms with Crippen LogP contribution in [0.5, 0.6) is 23.0 Å². The molecule has 9 nitrogen and oxygen atoms in total. The molecular formula is C26H30N2O7S. The van der Waals surface area contributed by atoms with Crippen LogP contribution >= 0.6 is 0 Å². The Bertz CT molecular complexity index is 1290. The quantitative estimate of drug-likeness (QED) is 0.414. The number of ether oxygens (including phenoxy) is 4. The molecule has 0 saturated heterocycles. The predicted molar refractivity (Wildman–Crippen MR) is 136 cm³/mol. The lowest BCUT2D eigenvalue weighted by Gasteiger charge is -2.20. The van der Waals surface area contributed by atoms with E-state index in [2.05, 4.69) is 4.72 Å². The van der Waals surface area contributed by atoms with Crippen LogP contribution in [0.2, 0.25) is 0 Å². The van der Waals surface area contributed by atoms with E-state index in [9.17, 15) is 13.2 Å². The summed E-state index contributed by atoms with van der Waals surface area (Å²) >= 11 is 0. The summed E-state index contributed by atoms with van der Waals surface area (Å²) in [5.41, 5.74) is 1.85. The van der Waals surface area contributed by atoms with Crippen molar-refractivity contribution in [1.82, 2.24) is 4.90 Å². The fraction of sp³-hybridized carbons (Fsp3) is 0.269. The van der Waals surface area contributed by atoms with Gasteiger partial charge >= 0.3 is 0 Å². The van der Waals surface area contributed by atoms with Gasteiger partial charge in [-0.15, -0.1) is 0 Å². The van der Waals surface area contributed by atoms with Gasteiger partial charge in [0.2, 0.25) is 5.75 Å². The number of rotatable bonds is 11. The van der Waals surface area contributed by atoms with Gasteiger partial charge in [-0.2, -0.15) is 0 Å². The van der Waals surface area contributed by atoms with E-state index >= 15 is 0 Å². The number of hydrogen-bond donors (Lipinski definition) is 1. The summed E-state index contributed by atoms with van der Waals surface area (Å²) in [7, 11) is 2.48. The van der Waals surface area contributed by atoms with Gasteiger partial charge < -0.3 is 23.8 Å². The number of likely N-dealkylation sites (N-methyl/N-ethyl adjacent to an activating group) is 1. The van der Waals surface area contributed by atoms with Crippen LogP contribution in [0.3, 0.4) is 0 Å². The summed E-state index contributed by atoms with van der Waals surface area (Å²) in [5.74, 6) is 1.63. The molecule has 3 rings (SSSR count). The molecule has 1 amide bonds. The van der Waals surface area contributed by atoms with Crippen molar-refractivity contribution in [2.24, 2.45) is 0 Å². The third-order valence-corrected chi connectivity index (χ3v) is 6.78. The van der Waals surface area contributed by atoms with Crippen molar-refractivity contribution in [2.45, 2.75) is 18.4 Å². The fourth-order valence-corrected chi connectivity index (χ4v) is 4.65. The van der Waals surface area contributed by atoms with Gasteiger partial charge in [0.25, 0.3) is 15.9 Å². The Hall–Kier alpha value is -3.92. The summed E-state index contributed by atoms with van der Waals surface area (Å²) in [6.07, 6.45) is 0. The number of para-hydroxylation sites is 1. The Balaban J connectivity index is 1.64. The van der Waals surface area contributed by atoms with Gasteiger partial charge in [-0.1, -0.05) is 18.2 Å². The summed E-state index contributed by atoms with van der Waals surface area (Å²) in [6, 6.07) is 16.7. The minimum absolute atomic E-state index is 0.0991. The van der Waals surface area contributed by atoms with E-state index in [4.69, 9.17) is 18.9 Å². The van der Waals surface area contributed by atoms with Crippen LogP contribution in [0.1, 0.15) is 11.1 Å². The van der Waals surface area contributed by atoms with Crippen LogP contribution in [0, 0.1) is 6.92 Å². The van der Waals surface area contributed by atoms with Crippen molar-refractivity contribution in [1.29, 1.82) is 0 Å². The van der Waals surface area contributed by atoms with Crippen molar-refractivity contribution >= 4 is 21.6 Å². The topological polar surface area (TPSA) is 103 Å². The Kier molecular flexibility index (Phi) is 8.65. The molecule has 0 spiro atoms. The predicted octanol–water partition coefficient (Wildman–Crippen LogP) is 3.86. The normalized spacial score (nSPS) is 10.9. The number of carbonyl (C=O) groups is 1. The van der Waals surface area contributed by atoms with Crippen molar-refractivity contribution in [3.05, 3.63) is 71.8 Å². The first-order valence-corrected chi connectivity index (χ1v) is 12.5. The zero-order valence-corrected chi connectivity index (χ0v) is 21.7. The maximum Gasteiger partial charge on any atom is 0.261 e. The zero-order valence-electron chi connectivity index (χ0n) is 20.9. The number of methoxy groups -OCH3 is 3. The maximum atomic E-state index is 12.7. The number of sulfonamides is 1. The highest BCUT2D eigenvalue weighted by molar-refractivity contribution is 7.92. The van der Waals surface area contributed by atoms with E-state index < -0.39 is 10.0 Å². The highest BCUT2D eigenvalue weighted by atomic mass is 32.2. The van der Waals surface area contributed by atoms with Gasteiger partial charge in [-0.25, -0.2) is 8.42 Å². The highest BCUT2D eigenvalue weighted by Gasteiger charge is 2.18. The molecule has 0 aliphatic heterocycles. The number of benzene rings is 3. The monoisotopic (exact) mass is 514 g/mol. The summed E-state index contributed by atoms with van der Waals surface area (Å²) in [6.45, 7) is 1.80. The van der Waals surface area contributed by atoms with Gasteiger partial charge in [0, 0.05) is 19.3 Å². The lowest BCUT2D eigenvalue weighted by molar-refractivity contribution is -0.132. The van der Waals surface area contributed by atoms with Crippen LogP contribution in [0.25, 0.3) is 0 Å². The second-order valence-corrected chi connectivity index (χ2v) is 9.65. The molecule has 0 saturated carbocycles. The molecule has 0 atom stereocenters. The molecule has 0 aliphatic rings. The molecule has 0 aliphatic carbocycles. The molecule has 1 N–H and O–H groups in total. The Morgan fingerprint density at radius 3 is 2.08 bits per heavy atom. The third kappa shape index (κ3) is 6.39. The first kappa shape index (κ1) is 26.7. The van der Waals surface area contributed by atoms with E-state index in [1.165, 1.54) is 38.4 Å². The van der Waals surface area contributed by atoms with Crippen LogP contribution in [-0.4, -0.2) is 54.2 Å². The Morgan fingerprint density at radius 1 is 0.889 bits per heavy atom. The van der Waals surface area contributed by atoms with Crippen molar-refractivity contribution in [3.63, 3.8) is 0 Å². The second kappa shape index (κ2) is 11.7.